The molecule has 3 aromatic rings. The van der Waals surface area contributed by atoms with Crippen molar-refractivity contribution >= 4 is 34.1 Å². The lowest BCUT2D eigenvalue weighted by atomic mass is 9.79. The van der Waals surface area contributed by atoms with Crippen LogP contribution >= 0.6 is 11.6 Å². The van der Waals surface area contributed by atoms with Gasteiger partial charge in [0.25, 0.3) is 0 Å². The van der Waals surface area contributed by atoms with Gasteiger partial charge in [-0.15, -0.1) is 0 Å². The third-order valence-electron chi connectivity index (χ3n) is 7.79. The molecule has 0 N–H and O–H groups in total. The van der Waals surface area contributed by atoms with Gasteiger partial charge in [-0.2, -0.15) is 5.10 Å². The SMILES string of the molecule is C=CC(=O)N1CC2(CCN(c3cc4c(c(-c5c(C)ccc6cnn(C)c56)c3Cl)OCCC4)C2)C1. The van der Waals surface area contributed by atoms with Crippen LogP contribution in [0.5, 0.6) is 5.75 Å². The summed E-state index contributed by atoms with van der Waals surface area (Å²) in [7, 11) is 1.98. The lowest BCUT2D eigenvalue weighted by Crippen LogP contribution is -2.59. The maximum atomic E-state index is 12.0. The quantitative estimate of drug-likeness (QED) is 0.512. The van der Waals surface area contributed by atoms with Crippen molar-refractivity contribution in [2.45, 2.75) is 26.2 Å². The molecule has 0 aliphatic carbocycles. The number of amides is 1. The number of hydrogen-bond acceptors (Lipinski definition) is 4. The number of anilines is 1. The Bertz CT molecular complexity index is 1340. The molecular formula is C27H29ClN4O2. The third-order valence-corrected chi connectivity index (χ3v) is 8.17. The number of carbonyl (C=O) groups is 1. The van der Waals surface area contributed by atoms with Crippen molar-refractivity contribution in [3.63, 3.8) is 0 Å². The van der Waals surface area contributed by atoms with E-state index < -0.39 is 0 Å². The van der Waals surface area contributed by atoms with Gasteiger partial charge < -0.3 is 14.5 Å². The molecule has 3 aliphatic rings. The fourth-order valence-corrected chi connectivity index (χ4v) is 6.41. The first-order chi connectivity index (χ1) is 16.4. The molecule has 3 aliphatic heterocycles. The van der Waals surface area contributed by atoms with Crippen molar-refractivity contribution in [2.75, 3.05) is 37.7 Å². The third kappa shape index (κ3) is 3.15. The molecule has 0 radical (unpaired) electrons. The number of likely N-dealkylation sites (tertiary alicyclic amines) is 1. The lowest BCUT2D eigenvalue weighted by molar-refractivity contribution is -0.136. The number of halogens is 1. The van der Waals surface area contributed by atoms with Crippen LogP contribution in [0.4, 0.5) is 5.69 Å². The van der Waals surface area contributed by atoms with Gasteiger partial charge in [0.1, 0.15) is 5.75 Å². The predicted molar refractivity (Wildman–Crippen MR) is 136 cm³/mol. The average molecular weight is 477 g/mol. The number of benzene rings is 2. The number of nitrogens with zero attached hydrogens (tertiary/aromatic N) is 4. The van der Waals surface area contributed by atoms with Crippen molar-refractivity contribution in [2.24, 2.45) is 12.5 Å². The smallest absolute Gasteiger partial charge is 0.245 e. The first kappa shape index (κ1) is 21.5. The Morgan fingerprint density at radius 2 is 2.09 bits per heavy atom. The fourth-order valence-electron chi connectivity index (χ4n) is 6.05. The van der Waals surface area contributed by atoms with Crippen molar-refractivity contribution in [1.29, 1.82) is 0 Å². The Hall–Kier alpha value is -2.99. The molecule has 176 valence electrons. The highest BCUT2D eigenvalue weighted by atomic mass is 35.5. The highest BCUT2D eigenvalue weighted by Gasteiger charge is 2.49. The zero-order chi connectivity index (χ0) is 23.6. The molecule has 1 spiro atoms. The molecule has 7 heteroatoms. The Labute approximate surface area is 204 Å². The summed E-state index contributed by atoms with van der Waals surface area (Å²) < 4.78 is 8.20. The van der Waals surface area contributed by atoms with Gasteiger partial charge in [-0.25, -0.2) is 0 Å². The van der Waals surface area contributed by atoms with E-state index in [4.69, 9.17) is 16.3 Å². The zero-order valence-corrected chi connectivity index (χ0v) is 20.5. The maximum Gasteiger partial charge on any atom is 0.245 e. The number of ether oxygens (including phenoxy) is 1. The first-order valence-corrected chi connectivity index (χ1v) is 12.3. The molecule has 2 aromatic carbocycles. The van der Waals surface area contributed by atoms with Crippen LogP contribution in [-0.4, -0.2) is 53.4 Å². The summed E-state index contributed by atoms with van der Waals surface area (Å²) >= 11 is 7.28. The lowest BCUT2D eigenvalue weighted by Gasteiger charge is -2.47. The first-order valence-electron chi connectivity index (χ1n) is 12.0. The second-order valence-electron chi connectivity index (χ2n) is 10.1. The Morgan fingerprint density at radius 3 is 2.88 bits per heavy atom. The van der Waals surface area contributed by atoms with Gasteiger partial charge in [-0.1, -0.05) is 30.3 Å². The highest BCUT2D eigenvalue weighted by molar-refractivity contribution is 6.37. The van der Waals surface area contributed by atoms with Crippen LogP contribution < -0.4 is 9.64 Å². The highest BCUT2D eigenvalue weighted by Crippen LogP contribution is 2.51. The van der Waals surface area contributed by atoms with Crippen LogP contribution in [0, 0.1) is 12.3 Å². The van der Waals surface area contributed by atoms with Gasteiger partial charge in [-0.05, 0) is 49.5 Å². The van der Waals surface area contributed by atoms with Crippen molar-refractivity contribution < 1.29 is 9.53 Å². The summed E-state index contributed by atoms with van der Waals surface area (Å²) in [4.78, 5) is 16.3. The number of carbonyl (C=O) groups excluding carboxylic acids is 1. The van der Waals surface area contributed by atoms with Crippen LogP contribution in [0.3, 0.4) is 0 Å². The summed E-state index contributed by atoms with van der Waals surface area (Å²) in [5.74, 6) is 0.937. The molecule has 34 heavy (non-hydrogen) atoms. The summed E-state index contributed by atoms with van der Waals surface area (Å²) in [6.07, 6.45) is 6.36. The molecule has 0 unspecified atom stereocenters. The summed E-state index contributed by atoms with van der Waals surface area (Å²) in [5.41, 5.74) is 6.75. The van der Waals surface area contributed by atoms with Gasteiger partial charge in [0, 0.05) is 55.2 Å². The molecule has 2 saturated heterocycles. The van der Waals surface area contributed by atoms with Gasteiger partial charge in [0.2, 0.25) is 5.91 Å². The minimum absolute atomic E-state index is 0.0232. The molecular weight excluding hydrogens is 448 g/mol. The molecule has 1 aromatic heterocycles. The minimum atomic E-state index is 0.0232. The monoisotopic (exact) mass is 476 g/mol. The largest absolute Gasteiger partial charge is 0.493 e. The minimum Gasteiger partial charge on any atom is -0.493 e. The van der Waals surface area contributed by atoms with Gasteiger partial charge in [0.15, 0.2) is 0 Å². The fraction of sp³-hybridized carbons (Fsp3) is 0.407. The van der Waals surface area contributed by atoms with E-state index in [2.05, 4.69) is 41.7 Å². The van der Waals surface area contributed by atoms with E-state index in [0.717, 1.165) is 89.5 Å². The van der Waals surface area contributed by atoms with E-state index in [0.29, 0.717) is 6.61 Å². The number of fused-ring (bicyclic) bond motifs is 2. The van der Waals surface area contributed by atoms with E-state index in [1.54, 1.807) is 0 Å². The molecule has 0 saturated carbocycles. The van der Waals surface area contributed by atoms with Crippen molar-refractivity contribution in [3.05, 3.63) is 53.2 Å². The average Bonchev–Trinajstić information content (AvgIpc) is 3.43. The van der Waals surface area contributed by atoms with Crippen molar-refractivity contribution in [3.8, 4) is 16.9 Å². The van der Waals surface area contributed by atoms with Crippen molar-refractivity contribution in [1.82, 2.24) is 14.7 Å². The number of aryl methyl sites for hydroxylation is 3. The molecule has 0 atom stereocenters. The van der Waals surface area contributed by atoms with Gasteiger partial charge in [0.05, 0.1) is 29.0 Å². The second kappa shape index (κ2) is 7.77. The van der Waals surface area contributed by atoms with Gasteiger partial charge >= 0.3 is 0 Å². The standard InChI is InChI=1S/C27H29ClN4O2/c1-4-21(33)32-15-27(16-32)9-10-31(14-27)20-12-18-6-5-11-34-26(18)23(24(20)28)22-17(2)7-8-19-13-29-30(3)25(19)22/h4,7-8,12-13H,1,5-6,9-11,14-16H2,2-3H3. The Morgan fingerprint density at radius 1 is 1.26 bits per heavy atom. The molecule has 6 rings (SSSR count). The van der Waals surface area contributed by atoms with Gasteiger partial charge in [-0.3, -0.25) is 9.48 Å². The van der Waals surface area contributed by atoms with E-state index >= 15 is 0 Å². The van der Waals surface area contributed by atoms with Crippen LogP contribution in [0.2, 0.25) is 5.02 Å². The molecule has 1 amide bonds. The zero-order valence-electron chi connectivity index (χ0n) is 19.7. The Balaban J connectivity index is 1.46. The van der Waals surface area contributed by atoms with Crippen LogP contribution in [0.15, 0.2) is 37.1 Å². The van der Waals surface area contributed by atoms with Crippen LogP contribution in [0.25, 0.3) is 22.0 Å². The van der Waals surface area contributed by atoms with Crippen LogP contribution in [-0.2, 0) is 18.3 Å². The summed E-state index contributed by atoms with van der Waals surface area (Å²) in [6, 6.07) is 6.49. The van der Waals surface area contributed by atoms with E-state index in [-0.39, 0.29) is 11.3 Å². The normalized spacial score (nSPS) is 18.7. The van der Waals surface area contributed by atoms with E-state index in [1.165, 1.54) is 11.6 Å². The predicted octanol–water partition coefficient (Wildman–Crippen LogP) is 4.75. The number of rotatable bonds is 3. The summed E-state index contributed by atoms with van der Waals surface area (Å²) in [5, 5.41) is 6.35. The van der Waals surface area contributed by atoms with E-state index in [1.807, 2.05) is 22.8 Å². The molecule has 4 heterocycles. The summed E-state index contributed by atoms with van der Waals surface area (Å²) in [6.45, 7) is 9.88. The number of hydrogen-bond donors (Lipinski definition) is 0. The maximum absolute atomic E-state index is 12.0. The second-order valence-corrected chi connectivity index (χ2v) is 10.4. The molecule has 2 fully saturated rings. The molecule has 0 bridgehead atoms. The number of aromatic nitrogens is 2. The Kier molecular flexibility index (Phi) is 4.92. The van der Waals surface area contributed by atoms with Crippen LogP contribution in [0.1, 0.15) is 24.0 Å². The van der Waals surface area contributed by atoms with E-state index in [9.17, 15) is 4.79 Å². The molecule has 6 nitrogen and oxygen atoms in total. The topological polar surface area (TPSA) is 50.6 Å².